The molecule has 1 saturated heterocycles. The number of piperidine rings is 1. The zero-order valence-corrected chi connectivity index (χ0v) is 16.2. The fraction of sp³-hybridized carbons (Fsp3) is 0.350. The highest BCUT2D eigenvalue weighted by molar-refractivity contribution is 7.89. The van der Waals surface area contributed by atoms with Crippen molar-refractivity contribution in [2.45, 2.75) is 30.6 Å². The van der Waals surface area contributed by atoms with Crippen molar-refractivity contribution < 1.29 is 17.9 Å². The largest absolute Gasteiger partial charge is 0.497 e. The third kappa shape index (κ3) is 4.87. The predicted octanol–water partition coefficient (Wildman–Crippen LogP) is 3.05. The first kappa shape index (κ1) is 19.4. The van der Waals surface area contributed by atoms with Gasteiger partial charge in [0.15, 0.2) is 0 Å². The van der Waals surface area contributed by atoms with Crippen molar-refractivity contribution in [3.63, 3.8) is 0 Å². The Morgan fingerprint density at radius 1 is 1.07 bits per heavy atom. The zero-order valence-electron chi connectivity index (χ0n) is 15.3. The lowest BCUT2D eigenvalue weighted by molar-refractivity contribution is -0.115. The van der Waals surface area contributed by atoms with Gasteiger partial charge in [0.05, 0.1) is 18.4 Å². The van der Waals surface area contributed by atoms with E-state index in [-0.39, 0.29) is 17.2 Å². The molecule has 2 aromatic rings. The molecule has 1 amide bonds. The normalized spacial score (nSPS) is 15.3. The Kier molecular flexibility index (Phi) is 6.13. The van der Waals surface area contributed by atoms with E-state index in [9.17, 15) is 13.2 Å². The van der Waals surface area contributed by atoms with Gasteiger partial charge in [-0.1, -0.05) is 24.6 Å². The summed E-state index contributed by atoms with van der Waals surface area (Å²) in [7, 11) is -1.93. The molecule has 0 spiro atoms. The molecule has 7 heteroatoms. The van der Waals surface area contributed by atoms with Gasteiger partial charge in [-0.3, -0.25) is 4.79 Å². The molecule has 27 heavy (non-hydrogen) atoms. The Bertz CT molecular complexity index is 888. The van der Waals surface area contributed by atoms with E-state index in [4.69, 9.17) is 4.74 Å². The number of sulfonamides is 1. The molecule has 1 aliphatic heterocycles. The summed E-state index contributed by atoms with van der Waals surface area (Å²) in [6.07, 6.45) is 3.04. The Morgan fingerprint density at radius 3 is 2.44 bits per heavy atom. The van der Waals surface area contributed by atoms with Crippen molar-refractivity contribution in [2.75, 3.05) is 25.5 Å². The number of carbonyl (C=O) groups is 1. The lowest BCUT2D eigenvalue weighted by atomic mass is 10.1. The van der Waals surface area contributed by atoms with Gasteiger partial charge in [-0.2, -0.15) is 4.31 Å². The smallest absolute Gasteiger partial charge is 0.243 e. The fourth-order valence-electron chi connectivity index (χ4n) is 3.12. The molecule has 144 valence electrons. The zero-order chi connectivity index (χ0) is 19.3. The van der Waals surface area contributed by atoms with Crippen LogP contribution in [-0.2, 0) is 21.2 Å². The van der Waals surface area contributed by atoms with Crippen LogP contribution in [0.2, 0.25) is 0 Å². The third-order valence-corrected chi connectivity index (χ3v) is 6.49. The molecule has 1 N–H and O–H groups in total. The summed E-state index contributed by atoms with van der Waals surface area (Å²) in [5, 5.41) is 2.78. The van der Waals surface area contributed by atoms with E-state index in [1.807, 2.05) is 12.1 Å². The second-order valence-corrected chi connectivity index (χ2v) is 8.50. The summed E-state index contributed by atoms with van der Waals surface area (Å²) in [6, 6.07) is 13.7. The van der Waals surface area contributed by atoms with Gasteiger partial charge in [-0.15, -0.1) is 0 Å². The number of hydrogen-bond acceptors (Lipinski definition) is 4. The average Bonchev–Trinajstić information content (AvgIpc) is 2.69. The number of rotatable bonds is 6. The van der Waals surface area contributed by atoms with E-state index in [1.165, 1.54) is 10.4 Å². The van der Waals surface area contributed by atoms with E-state index < -0.39 is 10.0 Å². The van der Waals surface area contributed by atoms with Gasteiger partial charge in [0.1, 0.15) is 5.75 Å². The monoisotopic (exact) mass is 388 g/mol. The van der Waals surface area contributed by atoms with Gasteiger partial charge in [0.25, 0.3) is 0 Å². The molecule has 0 unspecified atom stereocenters. The number of anilines is 1. The molecular weight excluding hydrogens is 364 g/mol. The van der Waals surface area contributed by atoms with Crippen molar-refractivity contribution in [2.24, 2.45) is 0 Å². The first-order valence-corrected chi connectivity index (χ1v) is 10.5. The molecular formula is C20H24N2O4S. The van der Waals surface area contributed by atoms with Crippen LogP contribution in [0.25, 0.3) is 0 Å². The number of carbonyl (C=O) groups excluding carboxylic acids is 1. The van der Waals surface area contributed by atoms with Gasteiger partial charge in [0, 0.05) is 18.8 Å². The van der Waals surface area contributed by atoms with E-state index in [2.05, 4.69) is 5.32 Å². The first-order valence-electron chi connectivity index (χ1n) is 9.02. The lowest BCUT2D eigenvalue weighted by Gasteiger charge is -2.26. The first-order chi connectivity index (χ1) is 13.0. The molecule has 3 rings (SSSR count). The SMILES string of the molecule is COc1ccc(CC(=O)Nc2cccc(S(=O)(=O)N3CCCCC3)c2)cc1. The van der Waals surface area contributed by atoms with Crippen LogP contribution in [0.5, 0.6) is 5.75 Å². The average molecular weight is 388 g/mol. The number of nitrogens with one attached hydrogen (secondary N) is 1. The van der Waals surface area contributed by atoms with Crippen LogP contribution in [0.4, 0.5) is 5.69 Å². The summed E-state index contributed by atoms with van der Waals surface area (Å²) in [5.74, 6) is 0.530. The van der Waals surface area contributed by atoms with E-state index in [0.29, 0.717) is 18.8 Å². The molecule has 1 heterocycles. The molecule has 0 bridgehead atoms. The van der Waals surface area contributed by atoms with E-state index >= 15 is 0 Å². The number of ether oxygens (including phenoxy) is 1. The quantitative estimate of drug-likeness (QED) is 0.825. The maximum atomic E-state index is 12.8. The molecule has 1 aliphatic rings. The minimum absolute atomic E-state index is 0.201. The van der Waals surface area contributed by atoms with Gasteiger partial charge >= 0.3 is 0 Å². The Labute approximate surface area is 160 Å². The van der Waals surface area contributed by atoms with Crippen LogP contribution in [0.15, 0.2) is 53.4 Å². The number of hydrogen-bond donors (Lipinski definition) is 1. The summed E-state index contributed by atoms with van der Waals surface area (Å²) in [4.78, 5) is 12.5. The topological polar surface area (TPSA) is 75.7 Å². The van der Waals surface area contributed by atoms with Crippen LogP contribution in [-0.4, -0.2) is 38.8 Å². The van der Waals surface area contributed by atoms with Crippen molar-refractivity contribution in [3.8, 4) is 5.75 Å². The third-order valence-electron chi connectivity index (χ3n) is 4.59. The van der Waals surface area contributed by atoms with Crippen LogP contribution in [0.1, 0.15) is 24.8 Å². The van der Waals surface area contributed by atoms with Crippen LogP contribution < -0.4 is 10.1 Å². The number of methoxy groups -OCH3 is 1. The van der Waals surface area contributed by atoms with Gasteiger partial charge in [-0.05, 0) is 48.7 Å². The summed E-state index contributed by atoms with van der Waals surface area (Å²) >= 11 is 0. The van der Waals surface area contributed by atoms with Crippen molar-refractivity contribution in [3.05, 3.63) is 54.1 Å². The standard InChI is InChI=1S/C20H24N2O4S/c1-26-18-10-8-16(9-11-18)14-20(23)21-17-6-5-7-19(15-17)27(24,25)22-12-3-2-4-13-22/h5-11,15H,2-4,12-14H2,1H3,(H,21,23). The Morgan fingerprint density at radius 2 is 1.78 bits per heavy atom. The van der Waals surface area contributed by atoms with Crippen molar-refractivity contribution in [1.82, 2.24) is 4.31 Å². The van der Waals surface area contributed by atoms with E-state index in [0.717, 1.165) is 30.6 Å². The maximum absolute atomic E-state index is 12.8. The van der Waals surface area contributed by atoms with Crippen LogP contribution in [0, 0.1) is 0 Å². The molecule has 0 atom stereocenters. The van der Waals surface area contributed by atoms with Gasteiger partial charge in [0.2, 0.25) is 15.9 Å². The van der Waals surface area contributed by atoms with Gasteiger partial charge < -0.3 is 10.1 Å². The molecule has 2 aromatic carbocycles. The summed E-state index contributed by atoms with van der Waals surface area (Å²) < 4.78 is 32.2. The molecule has 0 aromatic heterocycles. The summed E-state index contributed by atoms with van der Waals surface area (Å²) in [6.45, 7) is 1.10. The van der Waals surface area contributed by atoms with Gasteiger partial charge in [-0.25, -0.2) is 8.42 Å². The highest BCUT2D eigenvalue weighted by atomic mass is 32.2. The van der Waals surface area contributed by atoms with Crippen LogP contribution >= 0.6 is 0 Å². The second-order valence-electron chi connectivity index (χ2n) is 6.57. The van der Waals surface area contributed by atoms with Crippen molar-refractivity contribution >= 4 is 21.6 Å². The minimum atomic E-state index is -3.52. The fourth-order valence-corrected chi connectivity index (χ4v) is 4.69. The number of amides is 1. The highest BCUT2D eigenvalue weighted by Crippen LogP contribution is 2.23. The number of nitrogens with zero attached hydrogens (tertiary/aromatic N) is 1. The predicted molar refractivity (Wildman–Crippen MR) is 104 cm³/mol. The maximum Gasteiger partial charge on any atom is 0.243 e. The molecule has 0 aliphatic carbocycles. The number of benzene rings is 2. The van der Waals surface area contributed by atoms with E-state index in [1.54, 1.807) is 37.4 Å². The highest BCUT2D eigenvalue weighted by Gasteiger charge is 2.26. The molecule has 0 radical (unpaired) electrons. The second kappa shape index (κ2) is 8.54. The molecule has 6 nitrogen and oxygen atoms in total. The van der Waals surface area contributed by atoms with Crippen LogP contribution in [0.3, 0.4) is 0 Å². The van der Waals surface area contributed by atoms with Crippen molar-refractivity contribution in [1.29, 1.82) is 0 Å². The minimum Gasteiger partial charge on any atom is -0.497 e. The summed E-state index contributed by atoms with van der Waals surface area (Å²) in [5.41, 5.74) is 1.33. The molecule has 0 saturated carbocycles. The Hall–Kier alpha value is -2.38. The lowest BCUT2D eigenvalue weighted by Crippen LogP contribution is -2.35. The molecule has 1 fully saturated rings. The Balaban J connectivity index is 1.68.